The van der Waals surface area contributed by atoms with E-state index in [2.05, 4.69) is 11.2 Å². The second-order valence-corrected chi connectivity index (χ2v) is 3.64. The van der Waals surface area contributed by atoms with Crippen LogP contribution in [0.15, 0.2) is 18.2 Å². The lowest BCUT2D eigenvalue weighted by molar-refractivity contribution is -0.384. The highest BCUT2D eigenvalue weighted by atomic mass is 16.6. The Morgan fingerprint density at radius 3 is 2.89 bits per heavy atom. The van der Waals surface area contributed by atoms with Crippen LogP contribution in [0.1, 0.15) is 19.8 Å². The van der Waals surface area contributed by atoms with Crippen LogP contribution in [0, 0.1) is 22.5 Å². The van der Waals surface area contributed by atoms with Gasteiger partial charge in [0.05, 0.1) is 17.6 Å². The maximum atomic E-state index is 10.8. The van der Waals surface area contributed by atoms with Crippen molar-refractivity contribution in [2.24, 2.45) is 0 Å². The van der Waals surface area contributed by atoms with Crippen LogP contribution in [-0.2, 0) is 0 Å². The third-order valence-electron chi connectivity index (χ3n) is 2.24. The summed E-state index contributed by atoms with van der Waals surface area (Å²) in [5.74, 6) is 3.03. The molecule has 0 fully saturated rings. The van der Waals surface area contributed by atoms with Crippen LogP contribution in [0.5, 0.6) is 5.75 Å². The van der Waals surface area contributed by atoms with Gasteiger partial charge in [0.25, 0.3) is 5.69 Å². The quantitative estimate of drug-likeness (QED) is 0.349. The van der Waals surface area contributed by atoms with Crippen molar-refractivity contribution in [2.75, 3.05) is 18.5 Å². The maximum absolute atomic E-state index is 10.8. The van der Waals surface area contributed by atoms with E-state index in [0.717, 1.165) is 6.42 Å². The van der Waals surface area contributed by atoms with Gasteiger partial charge in [0, 0.05) is 30.8 Å². The summed E-state index contributed by atoms with van der Waals surface area (Å²) >= 11 is 0. The molecule has 0 aliphatic rings. The molecule has 0 atom stereocenters. The minimum absolute atomic E-state index is 0.0143. The molecule has 0 saturated heterocycles. The van der Waals surface area contributed by atoms with E-state index < -0.39 is 4.92 Å². The average molecular weight is 248 g/mol. The van der Waals surface area contributed by atoms with Crippen molar-refractivity contribution < 1.29 is 9.66 Å². The molecule has 0 radical (unpaired) electrons. The molecular weight excluding hydrogens is 232 g/mol. The standard InChI is InChI=1S/C13H16N2O3/c1-3-5-6-7-14-11-8-12(15(16)17)10-13(9-11)18-4-2/h1,8-10,14H,4-7H2,2H3. The molecule has 1 N–H and O–H groups in total. The van der Waals surface area contributed by atoms with Gasteiger partial charge >= 0.3 is 0 Å². The molecule has 5 heteroatoms. The van der Waals surface area contributed by atoms with Crippen molar-refractivity contribution in [1.82, 2.24) is 0 Å². The van der Waals surface area contributed by atoms with Gasteiger partial charge in [-0.2, -0.15) is 0 Å². The molecule has 5 nitrogen and oxygen atoms in total. The Morgan fingerprint density at radius 2 is 2.28 bits per heavy atom. The third-order valence-corrected chi connectivity index (χ3v) is 2.24. The highest BCUT2D eigenvalue weighted by Gasteiger charge is 2.10. The van der Waals surface area contributed by atoms with Crippen LogP contribution in [-0.4, -0.2) is 18.1 Å². The van der Waals surface area contributed by atoms with Crippen molar-refractivity contribution in [2.45, 2.75) is 19.8 Å². The highest BCUT2D eigenvalue weighted by molar-refractivity contribution is 5.56. The van der Waals surface area contributed by atoms with E-state index in [1.807, 2.05) is 6.92 Å². The summed E-state index contributed by atoms with van der Waals surface area (Å²) in [4.78, 5) is 10.3. The number of non-ortho nitro benzene ring substituents is 1. The second kappa shape index (κ2) is 7.17. The number of nitrogens with one attached hydrogen (secondary N) is 1. The molecule has 0 heterocycles. The Bertz CT molecular complexity index is 452. The minimum Gasteiger partial charge on any atom is -0.494 e. The Morgan fingerprint density at radius 1 is 1.50 bits per heavy atom. The number of unbranched alkanes of at least 4 members (excludes halogenated alkanes) is 1. The molecule has 0 aliphatic heterocycles. The Labute approximate surface area is 106 Å². The number of rotatable bonds is 7. The van der Waals surface area contributed by atoms with Gasteiger partial charge in [0.15, 0.2) is 0 Å². The largest absolute Gasteiger partial charge is 0.494 e. The molecule has 1 aromatic rings. The van der Waals surface area contributed by atoms with E-state index >= 15 is 0 Å². The number of hydrogen-bond donors (Lipinski definition) is 1. The topological polar surface area (TPSA) is 64.4 Å². The SMILES string of the molecule is C#CCCCNc1cc(OCC)cc([N+](=O)[O-])c1. The number of hydrogen-bond acceptors (Lipinski definition) is 4. The summed E-state index contributed by atoms with van der Waals surface area (Å²) in [6.45, 7) is 2.98. The molecule has 1 aromatic carbocycles. The normalized spacial score (nSPS) is 9.56. The van der Waals surface area contributed by atoms with Crippen molar-refractivity contribution >= 4 is 11.4 Å². The number of benzene rings is 1. The van der Waals surface area contributed by atoms with E-state index in [0.29, 0.717) is 31.0 Å². The van der Waals surface area contributed by atoms with Crippen molar-refractivity contribution in [3.05, 3.63) is 28.3 Å². The van der Waals surface area contributed by atoms with E-state index in [1.54, 1.807) is 6.07 Å². The van der Waals surface area contributed by atoms with Gasteiger partial charge in [0.1, 0.15) is 5.75 Å². The maximum Gasteiger partial charge on any atom is 0.275 e. The number of nitrogens with zero attached hydrogens (tertiary/aromatic N) is 1. The van der Waals surface area contributed by atoms with E-state index in [-0.39, 0.29) is 5.69 Å². The second-order valence-electron chi connectivity index (χ2n) is 3.64. The lowest BCUT2D eigenvalue weighted by atomic mass is 10.2. The van der Waals surface area contributed by atoms with Gasteiger partial charge < -0.3 is 10.1 Å². The van der Waals surface area contributed by atoms with Gasteiger partial charge in [-0.1, -0.05) is 0 Å². The fourth-order valence-electron chi connectivity index (χ4n) is 1.46. The van der Waals surface area contributed by atoms with Gasteiger partial charge in [-0.05, 0) is 13.3 Å². The Kier molecular flexibility index (Phi) is 5.52. The van der Waals surface area contributed by atoms with Crippen molar-refractivity contribution in [3.63, 3.8) is 0 Å². The number of nitro groups is 1. The van der Waals surface area contributed by atoms with Crippen LogP contribution < -0.4 is 10.1 Å². The first-order valence-corrected chi connectivity index (χ1v) is 5.77. The number of nitro benzene ring substituents is 1. The smallest absolute Gasteiger partial charge is 0.275 e. The van der Waals surface area contributed by atoms with Crippen molar-refractivity contribution in [1.29, 1.82) is 0 Å². The zero-order chi connectivity index (χ0) is 13.4. The number of anilines is 1. The van der Waals surface area contributed by atoms with Gasteiger partial charge in [-0.3, -0.25) is 10.1 Å². The molecule has 96 valence electrons. The van der Waals surface area contributed by atoms with Crippen LogP contribution in [0.25, 0.3) is 0 Å². The van der Waals surface area contributed by atoms with E-state index in [9.17, 15) is 10.1 Å². The summed E-state index contributed by atoms with van der Waals surface area (Å²) < 4.78 is 5.29. The molecule has 0 bridgehead atoms. The summed E-state index contributed by atoms with van der Waals surface area (Å²) in [7, 11) is 0. The molecule has 1 rings (SSSR count). The Balaban J connectivity index is 2.76. The number of ether oxygens (including phenoxy) is 1. The summed E-state index contributed by atoms with van der Waals surface area (Å²) in [5, 5.41) is 13.9. The molecule has 0 aromatic heterocycles. The fraction of sp³-hybridized carbons (Fsp3) is 0.385. The molecule has 0 amide bonds. The fourth-order valence-corrected chi connectivity index (χ4v) is 1.46. The summed E-state index contributed by atoms with van der Waals surface area (Å²) in [5.41, 5.74) is 0.685. The molecular formula is C13H16N2O3. The molecule has 0 saturated carbocycles. The van der Waals surface area contributed by atoms with E-state index in [1.165, 1.54) is 12.1 Å². The van der Waals surface area contributed by atoms with E-state index in [4.69, 9.17) is 11.2 Å². The molecule has 0 unspecified atom stereocenters. The van der Waals surface area contributed by atoms with Crippen molar-refractivity contribution in [3.8, 4) is 18.1 Å². The lowest BCUT2D eigenvalue weighted by Crippen LogP contribution is -2.02. The molecule has 18 heavy (non-hydrogen) atoms. The van der Waals surface area contributed by atoms with Crippen LogP contribution >= 0.6 is 0 Å². The van der Waals surface area contributed by atoms with Gasteiger partial charge in [-0.25, -0.2) is 0 Å². The summed E-state index contributed by atoms with van der Waals surface area (Å²) in [6.07, 6.45) is 6.65. The first kappa shape index (κ1) is 13.8. The lowest BCUT2D eigenvalue weighted by Gasteiger charge is -2.08. The summed E-state index contributed by atoms with van der Waals surface area (Å²) in [6, 6.07) is 4.64. The number of terminal acetylenes is 1. The molecule has 0 spiro atoms. The Hall–Kier alpha value is -2.22. The van der Waals surface area contributed by atoms with Crippen LogP contribution in [0.3, 0.4) is 0 Å². The van der Waals surface area contributed by atoms with Gasteiger partial charge in [-0.15, -0.1) is 12.3 Å². The van der Waals surface area contributed by atoms with Crippen LogP contribution in [0.2, 0.25) is 0 Å². The minimum atomic E-state index is -0.435. The zero-order valence-corrected chi connectivity index (χ0v) is 10.3. The first-order valence-electron chi connectivity index (χ1n) is 5.77. The monoisotopic (exact) mass is 248 g/mol. The average Bonchev–Trinajstić information content (AvgIpc) is 2.35. The predicted molar refractivity (Wildman–Crippen MR) is 70.8 cm³/mol. The third kappa shape index (κ3) is 4.34. The predicted octanol–water partition coefficient (Wildman–Crippen LogP) is 2.82. The molecule has 0 aliphatic carbocycles. The van der Waals surface area contributed by atoms with Gasteiger partial charge in [0.2, 0.25) is 0 Å². The van der Waals surface area contributed by atoms with Crippen LogP contribution in [0.4, 0.5) is 11.4 Å². The first-order chi connectivity index (χ1) is 8.67. The highest BCUT2D eigenvalue weighted by Crippen LogP contribution is 2.26. The zero-order valence-electron chi connectivity index (χ0n) is 10.3.